The topological polar surface area (TPSA) is 38.7 Å². The fraction of sp³-hybridized carbons (Fsp3) is 0. The number of halogens is 1. The molecule has 0 bridgehead atoms. The van der Waals surface area contributed by atoms with Gasteiger partial charge in [0.1, 0.15) is 5.69 Å². The van der Waals surface area contributed by atoms with Crippen LogP contribution in [0.3, 0.4) is 0 Å². The molecule has 0 saturated carbocycles. The van der Waals surface area contributed by atoms with Gasteiger partial charge in [0.25, 0.3) is 0 Å². The van der Waals surface area contributed by atoms with Crippen LogP contribution < -0.4 is 0 Å². The van der Waals surface area contributed by atoms with Crippen LogP contribution in [0.2, 0.25) is 5.02 Å². The molecule has 92 valence electrons. The van der Waals surface area contributed by atoms with Crippen LogP contribution in [-0.2, 0) is 0 Å². The van der Waals surface area contributed by atoms with Gasteiger partial charge < -0.3 is 0 Å². The van der Waals surface area contributed by atoms with E-state index in [2.05, 4.69) is 15.0 Å². The number of rotatable bonds is 2. The molecule has 2 aromatic heterocycles. The molecule has 3 rings (SSSR count). The van der Waals surface area contributed by atoms with Crippen molar-refractivity contribution in [3.05, 3.63) is 65.9 Å². The molecule has 2 heterocycles. The molecule has 0 saturated heterocycles. The van der Waals surface area contributed by atoms with Crippen LogP contribution in [-0.4, -0.2) is 15.0 Å². The summed E-state index contributed by atoms with van der Waals surface area (Å²) in [5.74, 6) is 0.619. The Bertz CT molecular complexity index is 681. The highest BCUT2D eigenvalue weighted by molar-refractivity contribution is 6.30. The molecule has 0 radical (unpaired) electrons. The predicted molar refractivity (Wildman–Crippen MR) is 75.7 cm³/mol. The minimum Gasteiger partial charge on any atom is -0.253 e. The number of benzene rings is 1. The van der Waals surface area contributed by atoms with Gasteiger partial charge in [-0.2, -0.15) is 0 Å². The van der Waals surface area contributed by atoms with Crippen molar-refractivity contribution in [2.24, 2.45) is 0 Å². The summed E-state index contributed by atoms with van der Waals surface area (Å²) in [6, 6.07) is 15.1. The highest BCUT2D eigenvalue weighted by Crippen LogP contribution is 2.21. The van der Waals surface area contributed by atoms with Crippen LogP contribution in [0.1, 0.15) is 0 Å². The Kier molecular flexibility index (Phi) is 3.21. The van der Waals surface area contributed by atoms with Gasteiger partial charge in [-0.25, -0.2) is 9.97 Å². The van der Waals surface area contributed by atoms with E-state index in [4.69, 9.17) is 11.6 Å². The van der Waals surface area contributed by atoms with Crippen molar-refractivity contribution in [3.8, 4) is 22.8 Å². The lowest BCUT2D eigenvalue weighted by atomic mass is 10.1. The van der Waals surface area contributed by atoms with Gasteiger partial charge in [0.05, 0.1) is 5.69 Å². The fourth-order valence-electron chi connectivity index (χ4n) is 1.76. The van der Waals surface area contributed by atoms with E-state index in [-0.39, 0.29) is 0 Å². The van der Waals surface area contributed by atoms with Crippen LogP contribution in [0, 0.1) is 0 Å². The fourth-order valence-corrected chi connectivity index (χ4v) is 1.88. The van der Waals surface area contributed by atoms with Crippen LogP contribution in [0.15, 0.2) is 60.9 Å². The Morgan fingerprint density at radius 3 is 2.32 bits per heavy atom. The zero-order chi connectivity index (χ0) is 13.1. The van der Waals surface area contributed by atoms with Crippen molar-refractivity contribution < 1.29 is 0 Å². The van der Waals surface area contributed by atoms with E-state index >= 15 is 0 Å². The first-order valence-corrected chi connectivity index (χ1v) is 6.21. The molecule has 0 N–H and O–H groups in total. The Hall–Kier alpha value is -2.26. The molecule has 3 nitrogen and oxygen atoms in total. The molecule has 1 aromatic carbocycles. The quantitative estimate of drug-likeness (QED) is 0.708. The summed E-state index contributed by atoms with van der Waals surface area (Å²) in [4.78, 5) is 13.0. The van der Waals surface area contributed by atoms with E-state index in [0.717, 1.165) is 17.0 Å². The van der Waals surface area contributed by atoms with Gasteiger partial charge in [-0.15, -0.1) is 0 Å². The van der Waals surface area contributed by atoms with E-state index in [9.17, 15) is 0 Å². The number of pyridine rings is 1. The minimum absolute atomic E-state index is 0.619. The minimum atomic E-state index is 0.619. The average molecular weight is 268 g/mol. The maximum absolute atomic E-state index is 5.88. The van der Waals surface area contributed by atoms with E-state index in [1.165, 1.54) is 0 Å². The molecule has 0 aliphatic carbocycles. The third kappa shape index (κ3) is 2.61. The standard InChI is InChI=1S/C15H10ClN3/c16-12-6-4-11(5-7-12)13-8-10-18-15(19-13)14-3-1-2-9-17-14/h1-10H. The molecule has 0 spiro atoms. The molecule has 3 aromatic rings. The first-order chi connectivity index (χ1) is 9.33. The Labute approximate surface area is 116 Å². The molecule has 0 fully saturated rings. The van der Waals surface area contributed by atoms with Crippen molar-refractivity contribution in [1.29, 1.82) is 0 Å². The van der Waals surface area contributed by atoms with Gasteiger partial charge in [-0.1, -0.05) is 29.8 Å². The zero-order valence-corrected chi connectivity index (χ0v) is 10.7. The normalized spacial score (nSPS) is 10.4. The molecule has 0 atom stereocenters. The molecule has 0 unspecified atom stereocenters. The summed E-state index contributed by atoms with van der Waals surface area (Å²) in [7, 11) is 0. The van der Waals surface area contributed by atoms with Gasteiger partial charge in [0.15, 0.2) is 5.82 Å². The SMILES string of the molecule is Clc1ccc(-c2ccnc(-c3ccccn3)n2)cc1. The predicted octanol–water partition coefficient (Wildman–Crippen LogP) is 3.86. The number of nitrogens with zero attached hydrogens (tertiary/aromatic N) is 3. The molecule has 4 heteroatoms. The van der Waals surface area contributed by atoms with Gasteiger partial charge in [0.2, 0.25) is 0 Å². The molecule has 0 aliphatic heterocycles. The summed E-state index contributed by atoms with van der Waals surface area (Å²) in [5.41, 5.74) is 2.62. The summed E-state index contributed by atoms with van der Waals surface area (Å²) in [5, 5.41) is 0.711. The number of hydrogen-bond donors (Lipinski definition) is 0. The van der Waals surface area contributed by atoms with Gasteiger partial charge >= 0.3 is 0 Å². The number of aromatic nitrogens is 3. The second-order valence-corrected chi connectivity index (χ2v) is 4.42. The molecule has 19 heavy (non-hydrogen) atoms. The molecule has 0 amide bonds. The van der Waals surface area contributed by atoms with Crippen molar-refractivity contribution in [3.63, 3.8) is 0 Å². The lowest BCUT2D eigenvalue weighted by molar-refractivity contribution is 1.14. The van der Waals surface area contributed by atoms with Crippen molar-refractivity contribution in [2.75, 3.05) is 0 Å². The van der Waals surface area contributed by atoms with E-state index in [0.29, 0.717) is 10.8 Å². The summed E-state index contributed by atoms with van der Waals surface area (Å²) in [6.07, 6.45) is 3.47. The lowest BCUT2D eigenvalue weighted by Gasteiger charge is -2.03. The maximum Gasteiger partial charge on any atom is 0.178 e. The van der Waals surface area contributed by atoms with Crippen molar-refractivity contribution >= 4 is 11.6 Å². The second-order valence-electron chi connectivity index (χ2n) is 3.99. The zero-order valence-electron chi connectivity index (χ0n) is 9.99. The van der Waals surface area contributed by atoms with Crippen LogP contribution in [0.5, 0.6) is 0 Å². The lowest BCUT2D eigenvalue weighted by Crippen LogP contribution is -1.93. The number of hydrogen-bond acceptors (Lipinski definition) is 3. The first kappa shape index (κ1) is 11.8. The molecular weight excluding hydrogens is 258 g/mol. The summed E-state index contributed by atoms with van der Waals surface area (Å²) >= 11 is 5.88. The van der Waals surface area contributed by atoms with Crippen molar-refractivity contribution in [1.82, 2.24) is 15.0 Å². The van der Waals surface area contributed by atoms with Gasteiger partial charge in [-0.05, 0) is 30.3 Å². The Morgan fingerprint density at radius 2 is 1.58 bits per heavy atom. The Morgan fingerprint density at radius 1 is 0.737 bits per heavy atom. The average Bonchev–Trinajstić information content (AvgIpc) is 2.49. The van der Waals surface area contributed by atoms with Crippen molar-refractivity contribution in [2.45, 2.75) is 0 Å². The highest BCUT2D eigenvalue weighted by atomic mass is 35.5. The van der Waals surface area contributed by atoms with Gasteiger partial charge in [0, 0.05) is 23.0 Å². The summed E-state index contributed by atoms with van der Waals surface area (Å²) < 4.78 is 0. The highest BCUT2D eigenvalue weighted by Gasteiger charge is 2.05. The third-order valence-corrected chi connectivity index (χ3v) is 2.94. The van der Waals surface area contributed by atoms with Gasteiger partial charge in [-0.3, -0.25) is 4.98 Å². The monoisotopic (exact) mass is 267 g/mol. The molecule has 0 aliphatic rings. The largest absolute Gasteiger partial charge is 0.253 e. The van der Waals surface area contributed by atoms with Crippen LogP contribution in [0.4, 0.5) is 0 Å². The first-order valence-electron chi connectivity index (χ1n) is 5.83. The Balaban J connectivity index is 2.03. The van der Waals surface area contributed by atoms with Crippen LogP contribution >= 0.6 is 11.6 Å². The van der Waals surface area contributed by atoms with E-state index in [1.807, 2.05) is 48.5 Å². The molecular formula is C15H10ClN3. The maximum atomic E-state index is 5.88. The second kappa shape index (κ2) is 5.16. The van der Waals surface area contributed by atoms with E-state index < -0.39 is 0 Å². The van der Waals surface area contributed by atoms with Crippen LogP contribution in [0.25, 0.3) is 22.8 Å². The summed E-state index contributed by atoms with van der Waals surface area (Å²) in [6.45, 7) is 0. The smallest absolute Gasteiger partial charge is 0.178 e. The third-order valence-electron chi connectivity index (χ3n) is 2.69. The van der Waals surface area contributed by atoms with E-state index in [1.54, 1.807) is 12.4 Å².